The van der Waals surface area contributed by atoms with E-state index in [1.54, 1.807) is 7.11 Å². The van der Waals surface area contributed by atoms with E-state index < -0.39 is 0 Å². The molecule has 0 bridgehead atoms. The average Bonchev–Trinajstić information content (AvgIpc) is 2.72. The molecule has 0 radical (unpaired) electrons. The first kappa shape index (κ1) is 13.1. The molecular weight excluding hydrogens is 294 g/mol. The lowest BCUT2D eigenvalue weighted by Gasteiger charge is -2.07. The summed E-state index contributed by atoms with van der Waals surface area (Å²) in [4.78, 5) is 0. The fourth-order valence-corrected chi connectivity index (χ4v) is 2.37. The summed E-state index contributed by atoms with van der Waals surface area (Å²) < 4.78 is 6.36. The molecule has 0 saturated heterocycles. The third kappa shape index (κ3) is 2.42. The van der Waals surface area contributed by atoms with Crippen molar-refractivity contribution in [3.63, 3.8) is 0 Å². The summed E-state index contributed by atoms with van der Waals surface area (Å²) in [6.07, 6.45) is 0. The van der Waals surface area contributed by atoms with Crippen LogP contribution < -0.4 is 10.1 Å². The molecule has 2 aromatic rings. The Kier molecular flexibility index (Phi) is 4.04. The minimum atomic E-state index is 0.738. The molecule has 0 aliphatic carbocycles. The van der Waals surface area contributed by atoms with Gasteiger partial charge in [0.15, 0.2) is 0 Å². The summed E-state index contributed by atoms with van der Waals surface area (Å²) in [6.45, 7) is 2.79. The third-order valence-corrected chi connectivity index (χ3v) is 3.59. The number of nitrogens with zero attached hydrogens (tertiary/aromatic N) is 1. The Labute approximate surface area is 115 Å². The molecular formula is C13H16BrN3O. The molecule has 1 aromatic carbocycles. The lowest BCUT2D eigenvalue weighted by atomic mass is 10.1. The Morgan fingerprint density at radius 3 is 2.89 bits per heavy atom. The maximum atomic E-state index is 5.39. The van der Waals surface area contributed by atoms with Crippen LogP contribution in [0, 0.1) is 6.92 Å². The van der Waals surface area contributed by atoms with Gasteiger partial charge in [-0.05, 0) is 42.0 Å². The molecule has 0 spiro atoms. The van der Waals surface area contributed by atoms with Crippen molar-refractivity contribution in [3.05, 3.63) is 33.9 Å². The van der Waals surface area contributed by atoms with Crippen LogP contribution in [0.25, 0.3) is 11.3 Å². The quantitative estimate of drug-likeness (QED) is 0.913. The number of benzene rings is 1. The molecule has 0 aliphatic heterocycles. The molecule has 0 saturated carbocycles. The third-order valence-electron chi connectivity index (χ3n) is 2.74. The molecule has 1 heterocycles. The number of rotatable bonds is 4. The van der Waals surface area contributed by atoms with Crippen molar-refractivity contribution in [3.8, 4) is 17.0 Å². The maximum Gasteiger partial charge on any atom is 0.128 e. The van der Waals surface area contributed by atoms with Crippen LogP contribution in [0.4, 0.5) is 0 Å². The summed E-state index contributed by atoms with van der Waals surface area (Å²) in [6, 6.07) is 6.06. The average molecular weight is 310 g/mol. The van der Waals surface area contributed by atoms with Gasteiger partial charge in [-0.15, -0.1) is 0 Å². The fraction of sp³-hybridized carbons (Fsp3) is 0.308. The Bertz CT molecular complexity index is 551. The Hall–Kier alpha value is -1.33. The molecule has 18 heavy (non-hydrogen) atoms. The predicted molar refractivity (Wildman–Crippen MR) is 75.8 cm³/mol. The van der Waals surface area contributed by atoms with Gasteiger partial charge in [0.05, 0.1) is 17.3 Å². The van der Waals surface area contributed by atoms with Crippen molar-refractivity contribution in [2.45, 2.75) is 13.5 Å². The van der Waals surface area contributed by atoms with Gasteiger partial charge in [0.2, 0.25) is 0 Å². The number of aromatic nitrogens is 2. The lowest BCUT2D eigenvalue weighted by Crippen LogP contribution is -2.05. The van der Waals surface area contributed by atoms with E-state index in [9.17, 15) is 0 Å². The van der Waals surface area contributed by atoms with Gasteiger partial charge in [-0.3, -0.25) is 5.10 Å². The van der Waals surface area contributed by atoms with Crippen LogP contribution in [-0.4, -0.2) is 24.4 Å². The van der Waals surface area contributed by atoms with Crippen LogP contribution in [0.1, 0.15) is 11.3 Å². The number of aromatic amines is 1. The van der Waals surface area contributed by atoms with E-state index in [1.807, 2.05) is 19.2 Å². The number of methoxy groups -OCH3 is 1. The second-order valence-corrected chi connectivity index (χ2v) is 4.89. The normalized spacial score (nSPS) is 10.7. The van der Waals surface area contributed by atoms with Crippen LogP contribution in [0.3, 0.4) is 0 Å². The van der Waals surface area contributed by atoms with Gasteiger partial charge in [0, 0.05) is 12.1 Å². The monoisotopic (exact) mass is 309 g/mol. The maximum absolute atomic E-state index is 5.39. The number of hydrogen-bond acceptors (Lipinski definition) is 3. The van der Waals surface area contributed by atoms with E-state index >= 15 is 0 Å². The van der Waals surface area contributed by atoms with Gasteiger partial charge in [0.25, 0.3) is 0 Å². The van der Waals surface area contributed by atoms with E-state index in [-0.39, 0.29) is 0 Å². The summed E-state index contributed by atoms with van der Waals surface area (Å²) in [5.74, 6) is 0.823. The van der Waals surface area contributed by atoms with Gasteiger partial charge in [-0.2, -0.15) is 5.10 Å². The van der Waals surface area contributed by atoms with Crippen LogP contribution in [-0.2, 0) is 6.54 Å². The summed E-state index contributed by atoms with van der Waals surface area (Å²) in [5, 5.41) is 10.5. The zero-order valence-corrected chi connectivity index (χ0v) is 12.3. The van der Waals surface area contributed by atoms with E-state index in [0.29, 0.717) is 0 Å². The molecule has 0 atom stereocenters. The van der Waals surface area contributed by atoms with E-state index in [4.69, 9.17) is 4.74 Å². The van der Waals surface area contributed by atoms with E-state index in [1.165, 1.54) is 5.56 Å². The molecule has 1 aromatic heterocycles. The van der Waals surface area contributed by atoms with Crippen molar-refractivity contribution < 1.29 is 4.74 Å². The number of ether oxygens (including phenoxy) is 1. The SMILES string of the molecule is CNCc1[nH]nc(-c2cc(C)ccc2OC)c1Br. The molecule has 2 rings (SSSR count). The Morgan fingerprint density at radius 1 is 1.44 bits per heavy atom. The fourth-order valence-electron chi connectivity index (χ4n) is 1.84. The van der Waals surface area contributed by atoms with Crippen molar-refractivity contribution in [2.24, 2.45) is 0 Å². The van der Waals surface area contributed by atoms with Gasteiger partial charge < -0.3 is 10.1 Å². The Morgan fingerprint density at radius 2 is 2.22 bits per heavy atom. The van der Waals surface area contributed by atoms with Gasteiger partial charge in [-0.1, -0.05) is 11.6 Å². The molecule has 0 fully saturated rings. The number of nitrogens with one attached hydrogen (secondary N) is 2. The lowest BCUT2D eigenvalue weighted by molar-refractivity contribution is 0.416. The standard InChI is InChI=1S/C13H16BrN3O/c1-8-4-5-11(18-3)9(6-8)13-12(14)10(7-15-2)16-17-13/h4-6,15H,7H2,1-3H3,(H,16,17). The largest absolute Gasteiger partial charge is 0.496 e. The number of aryl methyl sites for hydroxylation is 1. The number of hydrogen-bond donors (Lipinski definition) is 2. The summed E-state index contributed by atoms with van der Waals surface area (Å²) >= 11 is 3.59. The predicted octanol–water partition coefficient (Wildman–Crippen LogP) is 2.88. The van der Waals surface area contributed by atoms with Crippen LogP contribution in [0.2, 0.25) is 0 Å². The van der Waals surface area contributed by atoms with Crippen LogP contribution >= 0.6 is 15.9 Å². The first-order chi connectivity index (χ1) is 8.67. The van der Waals surface area contributed by atoms with Crippen molar-refractivity contribution in [2.75, 3.05) is 14.2 Å². The van der Waals surface area contributed by atoms with E-state index in [2.05, 4.69) is 44.4 Å². The molecule has 5 heteroatoms. The smallest absolute Gasteiger partial charge is 0.128 e. The second-order valence-electron chi connectivity index (χ2n) is 4.10. The van der Waals surface area contributed by atoms with Gasteiger partial charge in [0.1, 0.15) is 11.4 Å². The molecule has 2 N–H and O–H groups in total. The number of H-pyrrole nitrogens is 1. The summed E-state index contributed by atoms with van der Waals surface area (Å²) in [5.41, 5.74) is 4.07. The van der Waals surface area contributed by atoms with E-state index in [0.717, 1.165) is 33.7 Å². The molecule has 0 unspecified atom stereocenters. The van der Waals surface area contributed by atoms with Crippen molar-refractivity contribution >= 4 is 15.9 Å². The highest BCUT2D eigenvalue weighted by atomic mass is 79.9. The van der Waals surface area contributed by atoms with Crippen molar-refractivity contribution in [1.82, 2.24) is 15.5 Å². The highest BCUT2D eigenvalue weighted by Gasteiger charge is 2.15. The highest BCUT2D eigenvalue weighted by molar-refractivity contribution is 9.10. The molecule has 96 valence electrons. The molecule has 4 nitrogen and oxygen atoms in total. The van der Waals surface area contributed by atoms with Crippen LogP contribution in [0.5, 0.6) is 5.75 Å². The molecule has 0 aliphatic rings. The van der Waals surface area contributed by atoms with Gasteiger partial charge >= 0.3 is 0 Å². The first-order valence-electron chi connectivity index (χ1n) is 5.69. The summed E-state index contributed by atoms with van der Waals surface area (Å²) in [7, 11) is 3.57. The van der Waals surface area contributed by atoms with Crippen molar-refractivity contribution in [1.29, 1.82) is 0 Å². The second kappa shape index (κ2) is 5.54. The minimum absolute atomic E-state index is 0.738. The Balaban J connectivity index is 2.51. The zero-order chi connectivity index (χ0) is 13.1. The van der Waals surface area contributed by atoms with Gasteiger partial charge in [-0.25, -0.2) is 0 Å². The number of halogens is 1. The minimum Gasteiger partial charge on any atom is -0.496 e. The molecule has 0 amide bonds. The highest BCUT2D eigenvalue weighted by Crippen LogP contribution is 2.35. The topological polar surface area (TPSA) is 49.9 Å². The first-order valence-corrected chi connectivity index (χ1v) is 6.49. The van der Waals surface area contributed by atoms with Crippen LogP contribution in [0.15, 0.2) is 22.7 Å². The zero-order valence-electron chi connectivity index (χ0n) is 10.7.